The summed E-state index contributed by atoms with van der Waals surface area (Å²) in [6.45, 7) is 14.1. The summed E-state index contributed by atoms with van der Waals surface area (Å²) in [7, 11) is 0. The van der Waals surface area contributed by atoms with Crippen molar-refractivity contribution in [1.29, 1.82) is 0 Å². The molecule has 3 heteroatoms. The molecule has 0 saturated carbocycles. The van der Waals surface area contributed by atoms with Gasteiger partial charge in [0.05, 0.1) is 6.61 Å². The summed E-state index contributed by atoms with van der Waals surface area (Å²) < 4.78 is 5.66. The van der Waals surface area contributed by atoms with Crippen molar-refractivity contribution >= 4 is 5.69 Å². The summed E-state index contributed by atoms with van der Waals surface area (Å²) in [6.07, 6.45) is 1.16. The van der Waals surface area contributed by atoms with E-state index >= 15 is 0 Å². The molecule has 0 spiro atoms. The van der Waals surface area contributed by atoms with Crippen molar-refractivity contribution < 1.29 is 4.74 Å². The highest BCUT2D eigenvalue weighted by atomic mass is 16.5. The molecule has 1 heterocycles. The maximum atomic E-state index is 5.66. The fraction of sp³-hybridized carbons (Fsp3) is 0.667. The molecule has 0 aliphatic carbocycles. The van der Waals surface area contributed by atoms with Gasteiger partial charge in [-0.1, -0.05) is 33.8 Å². The fourth-order valence-electron chi connectivity index (χ4n) is 2.98. The van der Waals surface area contributed by atoms with Crippen molar-refractivity contribution in [3.8, 4) is 5.75 Å². The number of nitrogens with one attached hydrogen (secondary N) is 1. The second-order valence-corrected chi connectivity index (χ2v) is 6.97. The van der Waals surface area contributed by atoms with E-state index in [2.05, 4.69) is 56.1 Å². The van der Waals surface area contributed by atoms with Gasteiger partial charge in [0.1, 0.15) is 5.75 Å². The Hall–Kier alpha value is -1.22. The summed E-state index contributed by atoms with van der Waals surface area (Å²) in [6, 6.07) is 9.59. The predicted octanol–water partition coefficient (Wildman–Crippen LogP) is 3.69. The normalized spacial score (nSPS) is 23.2. The molecule has 1 fully saturated rings. The molecule has 3 nitrogen and oxygen atoms in total. The zero-order chi connectivity index (χ0) is 15.5. The average Bonchev–Trinajstić information content (AvgIpc) is 2.46. The lowest BCUT2D eigenvalue weighted by molar-refractivity contribution is 0.233. The second kappa shape index (κ2) is 6.69. The molecule has 0 radical (unpaired) electrons. The third kappa shape index (κ3) is 3.91. The van der Waals surface area contributed by atoms with Gasteiger partial charge in [0.25, 0.3) is 0 Å². The van der Waals surface area contributed by atoms with Crippen LogP contribution in [0.1, 0.15) is 41.0 Å². The van der Waals surface area contributed by atoms with Gasteiger partial charge < -0.3 is 15.0 Å². The van der Waals surface area contributed by atoms with Crippen LogP contribution in [0.25, 0.3) is 0 Å². The summed E-state index contributed by atoms with van der Waals surface area (Å²) in [5.74, 6) is 0.968. The van der Waals surface area contributed by atoms with Crippen molar-refractivity contribution in [2.24, 2.45) is 5.41 Å². The van der Waals surface area contributed by atoms with Crippen LogP contribution in [-0.2, 0) is 0 Å². The number of ether oxygens (including phenoxy) is 1. The van der Waals surface area contributed by atoms with Crippen LogP contribution >= 0.6 is 0 Å². The van der Waals surface area contributed by atoms with E-state index in [1.807, 2.05) is 13.0 Å². The van der Waals surface area contributed by atoms with E-state index in [-0.39, 0.29) is 5.41 Å². The molecule has 2 unspecified atom stereocenters. The van der Waals surface area contributed by atoms with Crippen LogP contribution in [0, 0.1) is 5.41 Å². The number of benzene rings is 1. The number of rotatable bonds is 4. The first kappa shape index (κ1) is 16.2. The zero-order valence-electron chi connectivity index (χ0n) is 14.1. The summed E-state index contributed by atoms with van der Waals surface area (Å²) >= 11 is 0. The van der Waals surface area contributed by atoms with Gasteiger partial charge >= 0.3 is 0 Å². The molecule has 2 rings (SSSR count). The topological polar surface area (TPSA) is 24.5 Å². The van der Waals surface area contributed by atoms with Crippen LogP contribution in [0.3, 0.4) is 0 Å². The minimum absolute atomic E-state index is 0.272. The highest BCUT2D eigenvalue weighted by Gasteiger charge is 2.33. The first-order valence-corrected chi connectivity index (χ1v) is 8.18. The molecule has 0 amide bonds. The monoisotopic (exact) mass is 290 g/mol. The lowest BCUT2D eigenvalue weighted by atomic mass is 9.84. The molecule has 0 bridgehead atoms. The molecule has 118 valence electrons. The van der Waals surface area contributed by atoms with E-state index < -0.39 is 0 Å². The molecule has 0 aromatic heterocycles. The summed E-state index contributed by atoms with van der Waals surface area (Å²) in [5, 5.41) is 3.73. The van der Waals surface area contributed by atoms with Gasteiger partial charge in [-0.05, 0) is 30.9 Å². The van der Waals surface area contributed by atoms with Gasteiger partial charge in [0.15, 0.2) is 0 Å². The average molecular weight is 290 g/mol. The Balaban J connectivity index is 2.22. The number of anilines is 1. The molecule has 1 N–H and O–H groups in total. The molecule has 1 aliphatic rings. The quantitative estimate of drug-likeness (QED) is 0.915. The molecular formula is C18H30N2O. The summed E-state index contributed by atoms with van der Waals surface area (Å²) in [4.78, 5) is 2.55. The molecule has 2 atom stereocenters. The fourth-order valence-corrected chi connectivity index (χ4v) is 2.98. The Kier molecular flexibility index (Phi) is 5.15. The second-order valence-electron chi connectivity index (χ2n) is 6.97. The van der Waals surface area contributed by atoms with E-state index in [1.165, 1.54) is 5.69 Å². The SMILES string of the molecule is CCOc1cccc(N2CC(C(C)(C)C)NCC2CC)c1. The smallest absolute Gasteiger partial charge is 0.121 e. The number of hydrogen-bond acceptors (Lipinski definition) is 3. The van der Waals surface area contributed by atoms with Crippen LogP contribution < -0.4 is 15.0 Å². The van der Waals surface area contributed by atoms with Crippen LogP contribution in [0.2, 0.25) is 0 Å². The Morgan fingerprint density at radius 2 is 2.05 bits per heavy atom. The van der Waals surface area contributed by atoms with Gasteiger partial charge in [0.2, 0.25) is 0 Å². The van der Waals surface area contributed by atoms with Crippen molar-refractivity contribution in [2.45, 2.75) is 53.1 Å². The van der Waals surface area contributed by atoms with Crippen LogP contribution in [0.4, 0.5) is 5.69 Å². The molecule has 1 saturated heterocycles. The Morgan fingerprint density at radius 1 is 1.29 bits per heavy atom. The van der Waals surface area contributed by atoms with Crippen LogP contribution in [-0.4, -0.2) is 31.8 Å². The Morgan fingerprint density at radius 3 is 2.67 bits per heavy atom. The minimum Gasteiger partial charge on any atom is -0.494 e. The van der Waals surface area contributed by atoms with Crippen molar-refractivity contribution in [1.82, 2.24) is 5.32 Å². The van der Waals surface area contributed by atoms with Gasteiger partial charge in [-0.3, -0.25) is 0 Å². The molecule has 1 aromatic carbocycles. The highest BCUT2D eigenvalue weighted by molar-refractivity contribution is 5.52. The predicted molar refractivity (Wildman–Crippen MR) is 90.3 cm³/mol. The van der Waals surface area contributed by atoms with Crippen molar-refractivity contribution in [3.63, 3.8) is 0 Å². The third-order valence-electron chi connectivity index (χ3n) is 4.40. The summed E-state index contributed by atoms with van der Waals surface area (Å²) in [5.41, 5.74) is 1.55. The van der Waals surface area contributed by atoms with Gasteiger partial charge in [-0.15, -0.1) is 0 Å². The van der Waals surface area contributed by atoms with E-state index in [4.69, 9.17) is 4.74 Å². The Labute approximate surface area is 129 Å². The lowest BCUT2D eigenvalue weighted by Crippen LogP contribution is -2.60. The van der Waals surface area contributed by atoms with Gasteiger partial charge in [-0.2, -0.15) is 0 Å². The maximum absolute atomic E-state index is 5.66. The number of hydrogen-bond donors (Lipinski definition) is 1. The van der Waals surface area contributed by atoms with E-state index in [0.29, 0.717) is 18.7 Å². The van der Waals surface area contributed by atoms with Crippen molar-refractivity contribution in [3.05, 3.63) is 24.3 Å². The zero-order valence-corrected chi connectivity index (χ0v) is 14.1. The Bertz CT molecular complexity index is 453. The number of piperazine rings is 1. The first-order chi connectivity index (χ1) is 9.95. The van der Waals surface area contributed by atoms with Crippen LogP contribution in [0.15, 0.2) is 24.3 Å². The molecule has 21 heavy (non-hydrogen) atoms. The third-order valence-corrected chi connectivity index (χ3v) is 4.40. The van der Waals surface area contributed by atoms with Gasteiger partial charge in [0, 0.05) is 36.9 Å². The van der Waals surface area contributed by atoms with E-state index in [9.17, 15) is 0 Å². The highest BCUT2D eigenvalue weighted by Crippen LogP contribution is 2.29. The first-order valence-electron chi connectivity index (χ1n) is 8.18. The molecule has 1 aliphatic heterocycles. The number of nitrogens with zero attached hydrogens (tertiary/aromatic N) is 1. The van der Waals surface area contributed by atoms with Crippen LogP contribution in [0.5, 0.6) is 5.75 Å². The standard InChI is InChI=1S/C18H30N2O/c1-6-14-12-19-17(18(3,4)5)13-20(14)15-9-8-10-16(11-15)21-7-2/h8-11,14,17,19H,6-7,12-13H2,1-5H3. The van der Waals surface area contributed by atoms with E-state index in [1.54, 1.807) is 0 Å². The lowest BCUT2D eigenvalue weighted by Gasteiger charge is -2.46. The van der Waals surface area contributed by atoms with Gasteiger partial charge in [-0.25, -0.2) is 0 Å². The largest absolute Gasteiger partial charge is 0.494 e. The maximum Gasteiger partial charge on any atom is 0.121 e. The molecule has 1 aromatic rings. The van der Waals surface area contributed by atoms with E-state index in [0.717, 1.165) is 25.3 Å². The van der Waals surface area contributed by atoms with Crippen molar-refractivity contribution in [2.75, 3.05) is 24.6 Å². The molecular weight excluding hydrogens is 260 g/mol. The minimum atomic E-state index is 0.272.